The molecule has 1 heterocycles. The molecule has 88 valence electrons. The van der Waals surface area contributed by atoms with Crippen LogP contribution in [0.25, 0.3) is 17.5 Å². The molecule has 0 radical (unpaired) electrons. The fraction of sp³-hybridized carbons (Fsp3) is 0.267. The standard InChI is InChI=1S/C15H18N2/c1-3-5-11-14-13(4-2)16-15(17-14)12-9-7-6-8-10-12/h4,6-10H,2-3,5,11H2,1H3,(H,16,17). The van der Waals surface area contributed by atoms with Gasteiger partial charge >= 0.3 is 0 Å². The maximum absolute atomic E-state index is 4.58. The number of hydrogen-bond donors (Lipinski definition) is 1. The predicted molar refractivity (Wildman–Crippen MR) is 72.7 cm³/mol. The summed E-state index contributed by atoms with van der Waals surface area (Å²) in [5, 5.41) is 0. The largest absolute Gasteiger partial charge is 0.341 e. The van der Waals surface area contributed by atoms with Crippen LogP contribution < -0.4 is 0 Å². The van der Waals surface area contributed by atoms with Crippen molar-refractivity contribution in [1.82, 2.24) is 9.97 Å². The Hall–Kier alpha value is -1.83. The molecular formula is C15H18N2. The van der Waals surface area contributed by atoms with Gasteiger partial charge in [0.25, 0.3) is 0 Å². The predicted octanol–water partition coefficient (Wildman–Crippen LogP) is 4.06. The summed E-state index contributed by atoms with van der Waals surface area (Å²) in [6.07, 6.45) is 5.24. The van der Waals surface area contributed by atoms with E-state index in [-0.39, 0.29) is 0 Å². The molecule has 0 saturated heterocycles. The van der Waals surface area contributed by atoms with Crippen molar-refractivity contribution in [3.63, 3.8) is 0 Å². The molecule has 0 aliphatic heterocycles. The van der Waals surface area contributed by atoms with Crippen LogP contribution >= 0.6 is 0 Å². The number of aromatic amines is 1. The molecular weight excluding hydrogens is 208 g/mol. The smallest absolute Gasteiger partial charge is 0.138 e. The number of hydrogen-bond acceptors (Lipinski definition) is 1. The zero-order chi connectivity index (χ0) is 12.1. The van der Waals surface area contributed by atoms with Crippen LogP contribution in [-0.2, 0) is 6.42 Å². The van der Waals surface area contributed by atoms with Crippen molar-refractivity contribution >= 4 is 6.08 Å². The summed E-state index contributed by atoms with van der Waals surface area (Å²) >= 11 is 0. The highest BCUT2D eigenvalue weighted by molar-refractivity contribution is 5.59. The molecule has 0 amide bonds. The summed E-state index contributed by atoms with van der Waals surface area (Å²) < 4.78 is 0. The number of benzene rings is 1. The number of H-pyrrole nitrogens is 1. The topological polar surface area (TPSA) is 28.7 Å². The van der Waals surface area contributed by atoms with Crippen molar-refractivity contribution in [3.8, 4) is 11.4 Å². The highest BCUT2D eigenvalue weighted by Gasteiger charge is 2.08. The molecule has 0 fully saturated rings. The van der Waals surface area contributed by atoms with E-state index in [1.807, 2.05) is 24.3 Å². The van der Waals surface area contributed by atoms with Gasteiger partial charge in [0.15, 0.2) is 0 Å². The molecule has 0 atom stereocenters. The van der Waals surface area contributed by atoms with E-state index in [0.29, 0.717) is 0 Å². The van der Waals surface area contributed by atoms with E-state index in [1.165, 1.54) is 18.5 Å². The van der Waals surface area contributed by atoms with E-state index in [2.05, 4.69) is 35.6 Å². The van der Waals surface area contributed by atoms with Crippen LogP contribution in [0.5, 0.6) is 0 Å². The van der Waals surface area contributed by atoms with E-state index in [0.717, 1.165) is 23.5 Å². The molecule has 0 spiro atoms. The summed E-state index contributed by atoms with van der Waals surface area (Å²) in [5.74, 6) is 0.937. The Morgan fingerprint density at radius 3 is 2.71 bits per heavy atom. The third-order valence-electron chi connectivity index (χ3n) is 2.83. The van der Waals surface area contributed by atoms with Gasteiger partial charge in [-0.15, -0.1) is 0 Å². The lowest BCUT2D eigenvalue weighted by Gasteiger charge is -1.96. The average Bonchev–Trinajstić information content (AvgIpc) is 2.80. The monoisotopic (exact) mass is 226 g/mol. The Morgan fingerprint density at radius 2 is 2.06 bits per heavy atom. The molecule has 2 aromatic rings. The van der Waals surface area contributed by atoms with Gasteiger partial charge in [0.1, 0.15) is 5.82 Å². The van der Waals surface area contributed by atoms with E-state index in [4.69, 9.17) is 0 Å². The van der Waals surface area contributed by atoms with Gasteiger partial charge in [-0.2, -0.15) is 0 Å². The Bertz CT molecular complexity index is 483. The fourth-order valence-electron chi connectivity index (χ4n) is 1.87. The first-order chi connectivity index (χ1) is 8.35. The van der Waals surface area contributed by atoms with Crippen molar-refractivity contribution in [1.29, 1.82) is 0 Å². The third kappa shape index (κ3) is 2.64. The maximum atomic E-state index is 4.58. The van der Waals surface area contributed by atoms with Gasteiger partial charge in [-0.1, -0.05) is 50.3 Å². The first-order valence-electron chi connectivity index (χ1n) is 6.12. The number of nitrogens with one attached hydrogen (secondary N) is 1. The summed E-state index contributed by atoms with van der Waals surface area (Å²) in [6.45, 7) is 6.02. The second-order valence-corrected chi connectivity index (χ2v) is 4.12. The second kappa shape index (κ2) is 5.48. The molecule has 1 aromatic heterocycles. The van der Waals surface area contributed by atoms with Crippen LogP contribution in [0.1, 0.15) is 31.2 Å². The van der Waals surface area contributed by atoms with Crippen LogP contribution in [0, 0.1) is 0 Å². The number of rotatable bonds is 5. The Balaban J connectivity index is 2.31. The van der Waals surface area contributed by atoms with Gasteiger partial charge in [0, 0.05) is 11.3 Å². The lowest BCUT2D eigenvalue weighted by molar-refractivity contribution is 0.780. The second-order valence-electron chi connectivity index (χ2n) is 4.12. The number of nitrogens with zero attached hydrogens (tertiary/aromatic N) is 1. The van der Waals surface area contributed by atoms with Gasteiger partial charge in [-0.3, -0.25) is 0 Å². The zero-order valence-electron chi connectivity index (χ0n) is 10.2. The van der Waals surface area contributed by atoms with Crippen molar-refractivity contribution < 1.29 is 0 Å². The van der Waals surface area contributed by atoms with Crippen molar-refractivity contribution in [3.05, 3.63) is 48.3 Å². The van der Waals surface area contributed by atoms with E-state index in [1.54, 1.807) is 0 Å². The SMILES string of the molecule is C=Cc1nc(-c2ccccc2)[nH]c1CCCC. The fourth-order valence-corrected chi connectivity index (χ4v) is 1.87. The van der Waals surface area contributed by atoms with Crippen LogP contribution in [0.4, 0.5) is 0 Å². The highest BCUT2D eigenvalue weighted by atomic mass is 14.9. The number of aryl methyl sites for hydroxylation is 1. The van der Waals surface area contributed by atoms with Crippen molar-refractivity contribution in [2.45, 2.75) is 26.2 Å². The molecule has 17 heavy (non-hydrogen) atoms. The molecule has 2 nitrogen and oxygen atoms in total. The first kappa shape index (κ1) is 11.6. The number of imidazole rings is 1. The minimum absolute atomic E-state index is 0.937. The molecule has 2 rings (SSSR count). The summed E-state index contributed by atoms with van der Waals surface area (Å²) in [5.41, 5.74) is 3.30. The third-order valence-corrected chi connectivity index (χ3v) is 2.83. The Labute approximate surface area is 102 Å². The Morgan fingerprint density at radius 1 is 1.29 bits per heavy atom. The van der Waals surface area contributed by atoms with E-state index in [9.17, 15) is 0 Å². The zero-order valence-corrected chi connectivity index (χ0v) is 10.2. The van der Waals surface area contributed by atoms with Gasteiger partial charge in [-0.25, -0.2) is 4.98 Å². The molecule has 0 saturated carbocycles. The summed E-state index contributed by atoms with van der Waals surface area (Å²) in [6, 6.07) is 10.2. The molecule has 0 bridgehead atoms. The van der Waals surface area contributed by atoms with Crippen molar-refractivity contribution in [2.24, 2.45) is 0 Å². The van der Waals surface area contributed by atoms with Gasteiger partial charge in [-0.05, 0) is 18.9 Å². The van der Waals surface area contributed by atoms with Crippen molar-refractivity contribution in [2.75, 3.05) is 0 Å². The van der Waals surface area contributed by atoms with E-state index < -0.39 is 0 Å². The van der Waals surface area contributed by atoms with Crippen LogP contribution in [0.2, 0.25) is 0 Å². The lowest BCUT2D eigenvalue weighted by Crippen LogP contribution is -1.87. The minimum Gasteiger partial charge on any atom is -0.341 e. The average molecular weight is 226 g/mol. The Kier molecular flexibility index (Phi) is 3.76. The quantitative estimate of drug-likeness (QED) is 0.818. The molecule has 0 unspecified atom stereocenters. The normalized spacial score (nSPS) is 10.4. The van der Waals surface area contributed by atoms with E-state index >= 15 is 0 Å². The lowest BCUT2D eigenvalue weighted by atomic mass is 10.2. The maximum Gasteiger partial charge on any atom is 0.138 e. The van der Waals surface area contributed by atoms with Gasteiger partial charge in [0.05, 0.1) is 5.69 Å². The summed E-state index contributed by atoms with van der Waals surface area (Å²) in [7, 11) is 0. The molecule has 2 heteroatoms. The minimum atomic E-state index is 0.937. The molecule has 1 N–H and O–H groups in total. The van der Waals surface area contributed by atoms with Gasteiger partial charge < -0.3 is 4.98 Å². The first-order valence-corrected chi connectivity index (χ1v) is 6.12. The van der Waals surface area contributed by atoms with Crippen LogP contribution in [-0.4, -0.2) is 9.97 Å². The molecule has 0 aliphatic carbocycles. The van der Waals surface area contributed by atoms with Crippen LogP contribution in [0.3, 0.4) is 0 Å². The van der Waals surface area contributed by atoms with Crippen LogP contribution in [0.15, 0.2) is 36.9 Å². The summed E-state index contributed by atoms with van der Waals surface area (Å²) in [4.78, 5) is 7.98. The number of unbranched alkanes of at least 4 members (excludes halogenated alkanes) is 1. The highest BCUT2D eigenvalue weighted by Crippen LogP contribution is 2.19. The number of aromatic nitrogens is 2. The molecule has 0 aliphatic rings. The van der Waals surface area contributed by atoms with Gasteiger partial charge in [0.2, 0.25) is 0 Å². The molecule has 1 aromatic carbocycles.